The summed E-state index contributed by atoms with van der Waals surface area (Å²) < 4.78 is 29.0. The largest absolute Gasteiger partial charge is 0.324 e. The van der Waals surface area contributed by atoms with Crippen LogP contribution in [0.15, 0.2) is 102 Å². The molecule has 0 radical (unpaired) electrons. The minimum atomic E-state index is -3.99. The Kier molecular flexibility index (Phi) is 7.13. The molecule has 0 aliphatic rings. The lowest BCUT2D eigenvalue weighted by molar-refractivity contribution is 0.0982. The minimum Gasteiger partial charge on any atom is -0.324 e. The van der Waals surface area contributed by atoms with E-state index in [9.17, 15) is 13.2 Å². The molecule has 5 rings (SSSR count). The van der Waals surface area contributed by atoms with E-state index in [4.69, 9.17) is 11.6 Å². The topological polar surface area (TPSA) is 81.1 Å². The smallest absolute Gasteiger partial charge is 0.265 e. The molecule has 1 heterocycles. The highest BCUT2D eigenvalue weighted by Gasteiger charge is 2.17. The average Bonchev–Trinajstić information content (AvgIpc) is 3.23. The fourth-order valence-electron chi connectivity index (χ4n) is 4.19. The number of carbonyl (C=O) groups excluding carboxylic acids is 1. The van der Waals surface area contributed by atoms with Crippen LogP contribution >= 0.6 is 11.6 Å². The maximum absolute atomic E-state index is 12.8. The Morgan fingerprint density at radius 3 is 2.34 bits per heavy atom. The number of imidazole rings is 1. The molecule has 4 aromatic carbocycles. The highest BCUT2D eigenvalue weighted by Crippen LogP contribution is 2.28. The number of amides is 1. The average molecular weight is 542 g/mol. The van der Waals surface area contributed by atoms with Crippen molar-refractivity contribution in [3.05, 3.63) is 130 Å². The summed E-state index contributed by atoms with van der Waals surface area (Å²) in [7, 11) is -3.99. The van der Waals surface area contributed by atoms with Crippen molar-refractivity contribution in [2.24, 2.45) is 0 Å². The van der Waals surface area contributed by atoms with Gasteiger partial charge < -0.3 is 4.57 Å². The van der Waals surface area contributed by atoms with Gasteiger partial charge in [0.15, 0.2) is 0 Å². The molecule has 0 saturated heterocycles. The van der Waals surface area contributed by atoms with Crippen molar-refractivity contribution >= 4 is 44.6 Å². The first-order chi connectivity index (χ1) is 18.3. The number of benzene rings is 4. The second kappa shape index (κ2) is 10.7. The second-order valence-electron chi connectivity index (χ2n) is 8.81. The molecule has 1 amide bonds. The molecular weight excluding hydrogens is 518 g/mol. The fraction of sp³-hybridized carbons (Fsp3) is 0.0667. The van der Waals surface area contributed by atoms with Gasteiger partial charge in [0.25, 0.3) is 15.9 Å². The second-order valence-corrected chi connectivity index (χ2v) is 10.8. The third-order valence-electron chi connectivity index (χ3n) is 6.16. The molecule has 5 aromatic rings. The van der Waals surface area contributed by atoms with E-state index < -0.39 is 15.9 Å². The number of fused-ring (bicyclic) bond motifs is 1. The van der Waals surface area contributed by atoms with Crippen LogP contribution < -0.4 is 4.72 Å². The molecule has 0 aliphatic heterocycles. The number of nitrogens with zero attached hydrogens (tertiary/aromatic N) is 2. The molecule has 1 aromatic heterocycles. The van der Waals surface area contributed by atoms with E-state index in [1.165, 1.54) is 6.08 Å². The van der Waals surface area contributed by atoms with Crippen molar-refractivity contribution in [3.8, 4) is 11.1 Å². The normalized spacial score (nSPS) is 11.7. The van der Waals surface area contributed by atoms with Gasteiger partial charge in [-0.1, -0.05) is 84.4 Å². The van der Waals surface area contributed by atoms with Crippen molar-refractivity contribution in [2.75, 3.05) is 0 Å². The lowest BCUT2D eigenvalue weighted by atomic mass is 10.0. The highest BCUT2D eigenvalue weighted by molar-refractivity contribution is 7.93. The maximum atomic E-state index is 12.8. The molecule has 190 valence electrons. The van der Waals surface area contributed by atoms with Crippen LogP contribution in [0, 0.1) is 6.92 Å². The van der Waals surface area contributed by atoms with Crippen LogP contribution in [0.25, 0.3) is 28.2 Å². The van der Waals surface area contributed by atoms with E-state index in [1.807, 2.05) is 66.1 Å². The van der Waals surface area contributed by atoms with Crippen molar-refractivity contribution in [1.29, 1.82) is 0 Å². The van der Waals surface area contributed by atoms with Gasteiger partial charge in [0.05, 0.1) is 23.0 Å². The summed E-state index contributed by atoms with van der Waals surface area (Å²) in [4.78, 5) is 17.4. The zero-order valence-electron chi connectivity index (χ0n) is 20.5. The lowest BCUT2D eigenvalue weighted by Crippen LogP contribution is -2.28. The van der Waals surface area contributed by atoms with Crippen LogP contribution in [0.4, 0.5) is 0 Å². The number of aromatic nitrogens is 2. The van der Waals surface area contributed by atoms with E-state index in [0.717, 1.165) is 27.9 Å². The Labute approximate surface area is 226 Å². The molecule has 0 fully saturated rings. The number of sulfonamides is 1. The molecule has 38 heavy (non-hydrogen) atoms. The predicted octanol–water partition coefficient (Wildman–Crippen LogP) is 6.44. The van der Waals surface area contributed by atoms with Crippen LogP contribution in [0.2, 0.25) is 5.02 Å². The Balaban J connectivity index is 1.39. The number of halogens is 1. The number of hydrogen-bond acceptors (Lipinski definition) is 4. The van der Waals surface area contributed by atoms with Crippen molar-refractivity contribution < 1.29 is 13.2 Å². The van der Waals surface area contributed by atoms with Crippen LogP contribution in [0.5, 0.6) is 0 Å². The number of aryl methyl sites for hydroxylation is 1. The van der Waals surface area contributed by atoms with E-state index in [1.54, 1.807) is 42.5 Å². The SMILES string of the molecule is Cc1nc2ccc(C(=O)NS(=O)(=O)C=Cc3ccccc3)cc2n1Cc1ccc(-c2ccccc2)cc1Cl. The maximum Gasteiger partial charge on any atom is 0.265 e. The van der Waals surface area contributed by atoms with Crippen LogP contribution in [-0.2, 0) is 16.6 Å². The van der Waals surface area contributed by atoms with Gasteiger partial charge in [0.1, 0.15) is 5.82 Å². The van der Waals surface area contributed by atoms with Crippen molar-refractivity contribution in [3.63, 3.8) is 0 Å². The van der Waals surface area contributed by atoms with Gasteiger partial charge >= 0.3 is 0 Å². The fourth-order valence-corrected chi connectivity index (χ4v) is 5.22. The summed E-state index contributed by atoms with van der Waals surface area (Å²) >= 11 is 6.66. The number of nitrogens with one attached hydrogen (secondary N) is 1. The number of hydrogen-bond donors (Lipinski definition) is 1. The van der Waals surface area contributed by atoms with E-state index in [2.05, 4.69) is 9.71 Å². The van der Waals surface area contributed by atoms with Gasteiger partial charge in [-0.3, -0.25) is 4.79 Å². The first-order valence-electron chi connectivity index (χ1n) is 11.9. The molecule has 0 bridgehead atoms. The number of carbonyl (C=O) groups is 1. The quantitative estimate of drug-likeness (QED) is 0.257. The predicted molar refractivity (Wildman–Crippen MR) is 152 cm³/mol. The molecule has 0 spiro atoms. The first kappa shape index (κ1) is 25.4. The third-order valence-corrected chi connectivity index (χ3v) is 7.48. The van der Waals surface area contributed by atoms with Crippen molar-refractivity contribution in [1.82, 2.24) is 14.3 Å². The lowest BCUT2D eigenvalue weighted by Gasteiger charge is -2.11. The summed E-state index contributed by atoms with van der Waals surface area (Å²) in [6, 6.07) is 29.8. The zero-order valence-corrected chi connectivity index (χ0v) is 22.1. The summed E-state index contributed by atoms with van der Waals surface area (Å²) in [5.74, 6) is 0.0273. The minimum absolute atomic E-state index is 0.209. The first-order valence-corrected chi connectivity index (χ1v) is 13.8. The van der Waals surface area contributed by atoms with E-state index >= 15 is 0 Å². The van der Waals surface area contributed by atoms with Gasteiger partial charge in [-0.15, -0.1) is 0 Å². The molecule has 0 aliphatic carbocycles. The Morgan fingerprint density at radius 2 is 1.63 bits per heavy atom. The van der Waals surface area contributed by atoms with Gasteiger partial charge in [-0.25, -0.2) is 18.1 Å². The molecule has 0 saturated carbocycles. The van der Waals surface area contributed by atoms with Gasteiger partial charge in [0.2, 0.25) is 0 Å². The molecule has 8 heteroatoms. The van der Waals surface area contributed by atoms with E-state index in [0.29, 0.717) is 28.2 Å². The molecular formula is C30H24ClN3O3S. The summed E-state index contributed by atoms with van der Waals surface area (Å²) in [5.41, 5.74) is 5.32. The number of rotatable bonds is 7. The Hall–Kier alpha value is -4.20. The molecule has 0 atom stereocenters. The zero-order chi connectivity index (χ0) is 26.7. The Morgan fingerprint density at radius 1 is 0.921 bits per heavy atom. The van der Waals surface area contributed by atoms with E-state index in [-0.39, 0.29) is 5.56 Å². The van der Waals surface area contributed by atoms with Crippen molar-refractivity contribution in [2.45, 2.75) is 13.5 Å². The Bertz CT molecular complexity index is 1760. The third kappa shape index (κ3) is 5.69. The standard InChI is InChI=1S/C30H24ClN3O3S/c1-21-32-28-15-14-25(30(35)33-38(36,37)17-16-22-8-4-2-5-9-22)19-29(28)34(21)20-26-13-12-24(18-27(26)31)23-10-6-3-7-11-23/h2-19H,20H2,1H3,(H,33,35). The van der Waals surface area contributed by atoms with Crippen LogP contribution in [0.3, 0.4) is 0 Å². The van der Waals surface area contributed by atoms with Crippen LogP contribution in [-0.4, -0.2) is 23.9 Å². The monoisotopic (exact) mass is 541 g/mol. The summed E-state index contributed by atoms with van der Waals surface area (Å²) in [6.07, 6.45) is 1.43. The van der Waals surface area contributed by atoms with Gasteiger partial charge in [-0.05, 0) is 59.5 Å². The van der Waals surface area contributed by atoms with Gasteiger partial charge in [0, 0.05) is 10.6 Å². The summed E-state index contributed by atoms with van der Waals surface area (Å²) in [6.45, 7) is 2.32. The molecule has 0 unspecified atom stereocenters. The van der Waals surface area contributed by atoms with Gasteiger partial charge in [-0.2, -0.15) is 0 Å². The summed E-state index contributed by atoms with van der Waals surface area (Å²) in [5, 5.41) is 1.60. The highest BCUT2D eigenvalue weighted by atomic mass is 35.5. The molecule has 1 N–H and O–H groups in total. The van der Waals surface area contributed by atoms with Crippen LogP contribution in [0.1, 0.15) is 27.3 Å². The molecule has 6 nitrogen and oxygen atoms in total.